The number of pyridine rings is 1. The van der Waals surface area contributed by atoms with Crippen molar-refractivity contribution in [2.24, 2.45) is 5.41 Å². The van der Waals surface area contributed by atoms with E-state index >= 15 is 0 Å². The number of H-pyrrole nitrogens is 1. The Bertz CT molecular complexity index is 1050. The molecule has 26 heavy (non-hydrogen) atoms. The van der Waals surface area contributed by atoms with Crippen LogP contribution in [-0.4, -0.2) is 26.2 Å². The Kier molecular flexibility index (Phi) is 4.55. The molecule has 2 unspecified atom stereocenters. The summed E-state index contributed by atoms with van der Waals surface area (Å²) in [6.45, 7) is 7.02. The van der Waals surface area contributed by atoms with Crippen LogP contribution in [0.1, 0.15) is 32.0 Å². The molecule has 1 aliphatic rings. The van der Waals surface area contributed by atoms with Crippen LogP contribution in [0.2, 0.25) is 0 Å². The molecule has 6 nitrogen and oxygen atoms in total. The second-order valence-corrected chi connectivity index (χ2v) is 10.8. The maximum atomic E-state index is 12.8. The van der Waals surface area contributed by atoms with Crippen LogP contribution in [0.3, 0.4) is 0 Å². The number of nitrogens with one attached hydrogen (secondary N) is 2. The van der Waals surface area contributed by atoms with Gasteiger partial charge in [-0.3, -0.25) is 4.79 Å². The highest BCUT2D eigenvalue weighted by atomic mass is 127. The van der Waals surface area contributed by atoms with Crippen molar-refractivity contribution < 1.29 is 5.11 Å². The van der Waals surface area contributed by atoms with Gasteiger partial charge in [0.15, 0.2) is 0 Å². The zero-order valence-corrected chi connectivity index (χ0v) is 18.7. The largest absolute Gasteiger partial charge is 0.382 e. The number of halogens is 1. The minimum Gasteiger partial charge on any atom is -0.382 e. The van der Waals surface area contributed by atoms with Gasteiger partial charge in [-0.25, -0.2) is 4.45 Å². The van der Waals surface area contributed by atoms with Gasteiger partial charge >= 0.3 is 0 Å². The van der Waals surface area contributed by atoms with Crippen molar-refractivity contribution in [3.05, 3.63) is 40.1 Å². The molecule has 3 N–H and O–H groups in total. The summed E-state index contributed by atoms with van der Waals surface area (Å²) in [6, 6.07) is 2.06. The Morgan fingerprint density at radius 2 is 2.23 bits per heavy atom. The third kappa shape index (κ3) is 2.77. The van der Waals surface area contributed by atoms with Gasteiger partial charge in [-0.2, -0.15) is 5.10 Å². The van der Waals surface area contributed by atoms with Crippen molar-refractivity contribution in [3.63, 3.8) is 0 Å². The molecule has 2 atom stereocenters. The van der Waals surface area contributed by atoms with Crippen LogP contribution in [0.25, 0.3) is 20.5 Å². The lowest BCUT2D eigenvalue weighted by Crippen LogP contribution is -2.52. The highest BCUT2D eigenvalue weighted by Crippen LogP contribution is 2.44. The van der Waals surface area contributed by atoms with Gasteiger partial charge in [0.25, 0.3) is 5.56 Å². The summed E-state index contributed by atoms with van der Waals surface area (Å²) in [5, 5.41) is 19.9. The van der Waals surface area contributed by atoms with Crippen LogP contribution in [0.4, 0.5) is 0 Å². The van der Waals surface area contributed by atoms with Crippen LogP contribution >= 0.6 is 39.8 Å². The summed E-state index contributed by atoms with van der Waals surface area (Å²) in [7, 11) is 0. The fourth-order valence-corrected chi connectivity index (χ4v) is 5.57. The predicted octanol–water partition coefficient (Wildman–Crippen LogP) is 3.58. The molecule has 0 fully saturated rings. The van der Waals surface area contributed by atoms with E-state index in [1.807, 2.05) is 37.6 Å². The molecule has 0 saturated carbocycles. The van der Waals surface area contributed by atoms with Gasteiger partial charge in [0.2, 0.25) is 0 Å². The Hall–Kier alpha value is -0.800. The Morgan fingerprint density at radius 3 is 2.88 bits per heavy atom. The minimum atomic E-state index is -1.12. The van der Waals surface area contributed by atoms with E-state index in [1.165, 1.54) is 11.3 Å². The first-order valence-electron chi connectivity index (χ1n) is 8.28. The molecule has 0 radical (unpaired) electrons. The first kappa shape index (κ1) is 18.6. The van der Waals surface area contributed by atoms with Crippen molar-refractivity contribution >= 4 is 49.8 Å². The van der Waals surface area contributed by atoms with Crippen molar-refractivity contribution in [3.8, 4) is 10.4 Å². The van der Waals surface area contributed by atoms with E-state index in [9.17, 15) is 9.90 Å². The minimum absolute atomic E-state index is 0.136. The van der Waals surface area contributed by atoms with Gasteiger partial charge in [0.1, 0.15) is 10.3 Å². The summed E-state index contributed by atoms with van der Waals surface area (Å²) in [5.74, 6) is 0. The van der Waals surface area contributed by atoms with Gasteiger partial charge in [-0.05, 0) is 39.1 Å². The molecular weight excluding hydrogens is 482 g/mol. The summed E-state index contributed by atoms with van der Waals surface area (Å²) < 4.78 is 2.59. The van der Waals surface area contributed by atoms with Gasteiger partial charge in [0, 0.05) is 35.1 Å². The van der Waals surface area contributed by atoms with E-state index in [4.69, 9.17) is 0 Å². The van der Waals surface area contributed by atoms with Gasteiger partial charge in [0.05, 0.1) is 18.3 Å². The zero-order valence-electron chi connectivity index (χ0n) is 14.7. The van der Waals surface area contributed by atoms with E-state index in [0.29, 0.717) is 29.9 Å². The lowest BCUT2D eigenvalue weighted by atomic mass is 9.71. The second-order valence-electron chi connectivity index (χ2n) is 7.63. The second kappa shape index (κ2) is 6.38. The average molecular weight is 502 g/mol. The van der Waals surface area contributed by atoms with Crippen molar-refractivity contribution in [2.45, 2.75) is 32.9 Å². The Labute approximate surface area is 169 Å². The van der Waals surface area contributed by atoms with Crippen molar-refractivity contribution in [2.75, 3.05) is 6.54 Å². The molecule has 0 spiro atoms. The average Bonchev–Trinajstić information content (AvgIpc) is 3.22. The number of aromatic nitrogens is 3. The highest BCUT2D eigenvalue weighted by Gasteiger charge is 2.46. The normalized spacial score (nSPS) is 21.0. The highest BCUT2D eigenvalue weighted by molar-refractivity contribution is 14.2. The molecule has 3 aromatic rings. The molecule has 0 aliphatic carbocycles. The summed E-state index contributed by atoms with van der Waals surface area (Å²) >= 11 is 3.76. The van der Waals surface area contributed by atoms with Gasteiger partial charge < -0.3 is 15.4 Å². The summed E-state index contributed by atoms with van der Waals surface area (Å²) in [4.78, 5) is 16.8. The molecule has 4 heterocycles. The maximum Gasteiger partial charge on any atom is 0.266 e. The zero-order chi connectivity index (χ0) is 18.7. The number of rotatable bonds is 2. The molecule has 0 amide bonds. The molecule has 0 aromatic carbocycles. The Balaban J connectivity index is 1.95. The first-order valence-corrected chi connectivity index (χ1v) is 13.2. The van der Waals surface area contributed by atoms with E-state index < -0.39 is 11.0 Å². The van der Waals surface area contributed by atoms with Crippen LogP contribution < -0.4 is 10.9 Å². The number of nitrogens with zero attached hydrogens (tertiary/aromatic N) is 2. The molecule has 138 valence electrons. The van der Waals surface area contributed by atoms with Crippen LogP contribution in [0.5, 0.6) is 0 Å². The topological polar surface area (TPSA) is 82.9 Å². The first-order chi connectivity index (χ1) is 12.2. The number of thiophene rings is 1. The van der Waals surface area contributed by atoms with E-state index in [2.05, 4.69) is 43.5 Å². The third-order valence-corrected chi connectivity index (χ3v) is 8.18. The molecule has 1 aliphatic heterocycles. The van der Waals surface area contributed by atoms with Crippen molar-refractivity contribution in [1.29, 1.82) is 0 Å². The number of aliphatic hydroxyl groups is 1. The van der Waals surface area contributed by atoms with Crippen LogP contribution in [0.15, 0.2) is 23.3 Å². The lowest BCUT2D eigenvalue weighted by molar-refractivity contribution is -0.0717. The molecule has 4 rings (SSSR count). The summed E-state index contributed by atoms with van der Waals surface area (Å²) in [6.07, 6.45) is 4.38. The van der Waals surface area contributed by atoms with Crippen LogP contribution in [0, 0.1) is 5.41 Å². The fourth-order valence-electron chi connectivity index (χ4n) is 3.44. The molecule has 0 saturated heterocycles. The van der Waals surface area contributed by atoms with Crippen LogP contribution in [-0.2, 0) is 12.1 Å². The summed E-state index contributed by atoms with van der Waals surface area (Å²) in [5.41, 5.74) is 0.973. The predicted molar refractivity (Wildman–Crippen MR) is 116 cm³/mol. The standard InChI is InChI=1S/C17H20IN4O2PS/c1-16(2,3)17(24)8-19-6-11-10-4-12(9-5-20-22(7-9)25-18)26-13(10)15(23)21-14(11)17/h4-5,7,19,24-25H,6,8H2,1-3H3,(H,21,23). The maximum absolute atomic E-state index is 12.8. The van der Waals surface area contributed by atoms with E-state index in [0.717, 1.165) is 21.4 Å². The lowest BCUT2D eigenvalue weighted by Gasteiger charge is -2.44. The van der Waals surface area contributed by atoms with Gasteiger partial charge in [-0.1, -0.05) is 20.8 Å². The van der Waals surface area contributed by atoms with E-state index in [-0.39, 0.29) is 5.56 Å². The van der Waals surface area contributed by atoms with Crippen molar-refractivity contribution in [1.82, 2.24) is 19.9 Å². The van der Waals surface area contributed by atoms with E-state index in [1.54, 1.807) is 0 Å². The SMILES string of the molecule is CC(C)(C)C1(O)CNCc2c1[nH]c(=O)c1sc(-c3cnn(PI)c3)cc21. The number of β-amino-alcohol motifs (C(OH)–C–C–N with tert-alkyl or cyclic N) is 1. The molecule has 9 heteroatoms. The Morgan fingerprint density at radius 1 is 1.46 bits per heavy atom. The quantitative estimate of drug-likeness (QED) is 0.370. The molecule has 0 bridgehead atoms. The fraction of sp³-hybridized carbons (Fsp3) is 0.412. The molecule has 3 aromatic heterocycles. The molecular formula is C17H20IN4O2PS. The number of hydrogen-bond acceptors (Lipinski definition) is 5. The number of fused-ring (bicyclic) bond motifs is 3. The smallest absolute Gasteiger partial charge is 0.266 e. The third-order valence-electron chi connectivity index (χ3n) is 5.09. The monoisotopic (exact) mass is 502 g/mol. The number of hydrogen-bond donors (Lipinski definition) is 3. The van der Waals surface area contributed by atoms with Gasteiger partial charge in [-0.15, -0.1) is 11.3 Å². The number of aromatic amines is 1.